The Hall–Kier alpha value is -2.79. The highest BCUT2D eigenvalue weighted by molar-refractivity contribution is 6.30. The molecule has 0 bridgehead atoms. The van der Waals surface area contributed by atoms with E-state index >= 15 is 0 Å². The molecule has 2 amide bonds. The summed E-state index contributed by atoms with van der Waals surface area (Å²) in [6.45, 7) is 4.19. The van der Waals surface area contributed by atoms with Gasteiger partial charge in [-0.15, -0.1) is 0 Å². The largest absolute Gasteiger partial charge is 0.356 e. The van der Waals surface area contributed by atoms with Crippen LogP contribution in [0.2, 0.25) is 5.02 Å². The SMILES string of the molecule is CC[C@H](C)N1CC(=O)N2[C@@H](c3ccc(Cl)cc3)c3[nH]c4ccccc4c3C[C@@H]2C1=O. The zero-order valence-electron chi connectivity index (χ0n) is 17.1. The van der Waals surface area contributed by atoms with Crippen LogP contribution in [0.15, 0.2) is 48.5 Å². The summed E-state index contributed by atoms with van der Waals surface area (Å²) in [5.74, 6) is 0.0306. The van der Waals surface area contributed by atoms with Gasteiger partial charge < -0.3 is 14.8 Å². The van der Waals surface area contributed by atoms with E-state index in [-0.39, 0.29) is 30.4 Å². The molecule has 0 saturated carbocycles. The van der Waals surface area contributed by atoms with Gasteiger partial charge in [-0.05, 0) is 42.7 Å². The number of halogens is 1. The number of H-pyrrole nitrogens is 1. The van der Waals surface area contributed by atoms with Gasteiger partial charge in [-0.2, -0.15) is 0 Å². The van der Waals surface area contributed by atoms with E-state index in [2.05, 4.69) is 11.1 Å². The average Bonchev–Trinajstić information content (AvgIpc) is 3.13. The molecule has 5 nitrogen and oxygen atoms in total. The van der Waals surface area contributed by atoms with Crippen LogP contribution in [0.1, 0.15) is 43.1 Å². The Morgan fingerprint density at radius 3 is 2.60 bits per heavy atom. The van der Waals surface area contributed by atoms with Crippen molar-refractivity contribution in [3.63, 3.8) is 0 Å². The Morgan fingerprint density at radius 2 is 1.87 bits per heavy atom. The minimum absolute atomic E-state index is 0.0100. The zero-order valence-corrected chi connectivity index (χ0v) is 17.8. The molecule has 2 aliphatic heterocycles. The first-order valence-corrected chi connectivity index (χ1v) is 10.8. The van der Waals surface area contributed by atoms with Crippen LogP contribution in [0.5, 0.6) is 0 Å². The predicted molar refractivity (Wildman–Crippen MR) is 117 cm³/mol. The first-order valence-electron chi connectivity index (χ1n) is 10.5. The molecule has 1 aromatic heterocycles. The lowest BCUT2D eigenvalue weighted by Crippen LogP contribution is -2.64. The standard InChI is InChI=1S/C24H24ClN3O2/c1-3-14(2)27-13-21(29)28-20(24(27)30)12-18-17-6-4-5-7-19(17)26-22(18)23(28)15-8-10-16(25)11-9-15/h4-11,14,20,23,26H,3,12-13H2,1-2H3/t14-,20+,23-/m0/s1. The number of fused-ring (bicyclic) bond motifs is 4. The van der Waals surface area contributed by atoms with Gasteiger partial charge >= 0.3 is 0 Å². The van der Waals surface area contributed by atoms with Crippen molar-refractivity contribution >= 4 is 34.3 Å². The van der Waals surface area contributed by atoms with Crippen LogP contribution in [0, 0.1) is 0 Å². The second kappa shape index (κ2) is 7.17. The van der Waals surface area contributed by atoms with E-state index in [0.29, 0.717) is 11.4 Å². The topological polar surface area (TPSA) is 56.4 Å². The number of aromatic amines is 1. The molecule has 154 valence electrons. The van der Waals surface area contributed by atoms with Gasteiger partial charge in [0.05, 0.1) is 6.04 Å². The van der Waals surface area contributed by atoms with E-state index in [1.807, 2.05) is 56.3 Å². The number of hydrogen-bond donors (Lipinski definition) is 1. The van der Waals surface area contributed by atoms with Crippen molar-refractivity contribution in [1.82, 2.24) is 14.8 Å². The summed E-state index contributed by atoms with van der Waals surface area (Å²) >= 11 is 6.13. The maximum atomic E-state index is 13.5. The molecular formula is C24H24ClN3O2. The zero-order chi connectivity index (χ0) is 21.0. The molecule has 2 aromatic carbocycles. The van der Waals surface area contributed by atoms with Gasteiger partial charge in [-0.25, -0.2) is 0 Å². The van der Waals surface area contributed by atoms with Crippen LogP contribution in [0.4, 0.5) is 0 Å². The molecule has 3 aromatic rings. The Kier molecular flexibility index (Phi) is 4.58. The Labute approximate surface area is 180 Å². The molecule has 2 aliphatic rings. The number of carbonyl (C=O) groups is 2. The molecule has 1 saturated heterocycles. The molecule has 1 fully saturated rings. The fourth-order valence-electron chi connectivity index (χ4n) is 4.87. The van der Waals surface area contributed by atoms with Gasteiger partial charge in [0, 0.05) is 34.1 Å². The highest BCUT2D eigenvalue weighted by Crippen LogP contribution is 2.42. The van der Waals surface area contributed by atoms with Crippen molar-refractivity contribution < 1.29 is 9.59 Å². The van der Waals surface area contributed by atoms with Crippen molar-refractivity contribution in [3.8, 4) is 0 Å². The normalized spacial score (nSPS) is 22.2. The number of nitrogens with one attached hydrogen (secondary N) is 1. The van der Waals surface area contributed by atoms with Crippen LogP contribution < -0.4 is 0 Å². The Balaban J connectivity index is 1.70. The Morgan fingerprint density at radius 1 is 1.13 bits per heavy atom. The van der Waals surface area contributed by atoms with Crippen molar-refractivity contribution in [2.45, 2.75) is 44.8 Å². The van der Waals surface area contributed by atoms with Gasteiger partial charge in [-0.3, -0.25) is 9.59 Å². The summed E-state index contributed by atoms with van der Waals surface area (Å²) in [5.41, 5.74) is 4.10. The van der Waals surface area contributed by atoms with Crippen molar-refractivity contribution in [1.29, 1.82) is 0 Å². The van der Waals surface area contributed by atoms with E-state index in [0.717, 1.165) is 34.1 Å². The van der Waals surface area contributed by atoms with Gasteiger partial charge in [0.15, 0.2) is 0 Å². The number of piperazine rings is 1. The molecule has 1 N–H and O–H groups in total. The first kappa shape index (κ1) is 19.2. The van der Waals surface area contributed by atoms with Crippen LogP contribution in [0.25, 0.3) is 10.9 Å². The fourth-order valence-corrected chi connectivity index (χ4v) is 5.00. The molecule has 0 radical (unpaired) electrons. The van der Waals surface area contributed by atoms with Gasteiger partial charge in [0.1, 0.15) is 12.6 Å². The number of para-hydroxylation sites is 1. The molecule has 30 heavy (non-hydrogen) atoms. The van der Waals surface area contributed by atoms with Crippen molar-refractivity contribution in [2.24, 2.45) is 0 Å². The molecule has 6 heteroatoms. The molecular weight excluding hydrogens is 398 g/mol. The second-order valence-electron chi connectivity index (χ2n) is 8.26. The van der Waals surface area contributed by atoms with Crippen LogP contribution in [-0.2, 0) is 16.0 Å². The first-order chi connectivity index (χ1) is 14.5. The van der Waals surface area contributed by atoms with Gasteiger partial charge in [-0.1, -0.05) is 48.9 Å². The third-order valence-electron chi connectivity index (χ3n) is 6.60. The summed E-state index contributed by atoms with van der Waals surface area (Å²) < 4.78 is 0. The van der Waals surface area contributed by atoms with E-state index in [1.165, 1.54) is 0 Å². The molecule has 3 heterocycles. The average molecular weight is 422 g/mol. The summed E-state index contributed by atoms with van der Waals surface area (Å²) in [6.07, 6.45) is 1.35. The summed E-state index contributed by atoms with van der Waals surface area (Å²) in [7, 11) is 0. The maximum absolute atomic E-state index is 13.5. The third-order valence-corrected chi connectivity index (χ3v) is 6.85. The smallest absolute Gasteiger partial charge is 0.246 e. The molecule has 5 rings (SSSR count). The van der Waals surface area contributed by atoms with Crippen molar-refractivity contribution in [2.75, 3.05) is 6.54 Å². The van der Waals surface area contributed by atoms with Gasteiger partial charge in [0.25, 0.3) is 0 Å². The summed E-state index contributed by atoms with van der Waals surface area (Å²) in [5, 5.41) is 1.76. The number of carbonyl (C=O) groups excluding carboxylic acids is 2. The summed E-state index contributed by atoms with van der Waals surface area (Å²) in [6, 6.07) is 14.9. The number of aromatic nitrogens is 1. The number of rotatable bonds is 3. The number of benzene rings is 2. The van der Waals surface area contributed by atoms with E-state index in [1.54, 1.807) is 9.80 Å². The molecule has 0 unspecified atom stereocenters. The highest BCUT2D eigenvalue weighted by atomic mass is 35.5. The van der Waals surface area contributed by atoms with E-state index in [9.17, 15) is 9.59 Å². The van der Waals surface area contributed by atoms with Gasteiger partial charge in [0.2, 0.25) is 11.8 Å². The summed E-state index contributed by atoms with van der Waals surface area (Å²) in [4.78, 5) is 34.0. The second-order valence-corrected chi connectivity index (χ2v) is 8.70. The number of nitrogens with zero attached hydrogens (tertiary/aromatic N) is 2. The predicted octanol–water partition coefficient (Wildman–Crippen LogP) is 4.30. The monoisotopic (exact) mass is 421 g/mol. The lowest BCUT2D eigenvalue weighted by molar-refractivity contribution is -0.160. The lowest BCUT2D eigenvalue weighted by atomic mass is 9.86. The van der Waals surface area contributed by atoms with Crippen LogP contribution in [-0.4, -0.2) is 45.2 Å². The molecule has 0 spiro atoms. The molecule has 3 atom stereocenters. The minimum atomic E-state index is -0.493. The quantitative estimate of drug-likeness (QED) is 0.685. The number of amides is 2. The van der Waals surface area contributed by atoms with Crippen LogP contribution >= 0.6 is 11.6 Å². The Bertz CT molecular complexity index is 1140. The highest BCUT2D eigenvalue weighted by Gasteiger charge is 2.48. The molecule has 0 aliphatic carbocycles. The van der Waals surface area contributed by atoms with E-state index in [4.69, 9.17) is 11.6 Å². The van der Waals surface area contributed by atoms with E-state index < -0.39 is 6.04 Å². The van der Waals surface area contributed by atoms with Crippen molar-refractivity contribution in [3.05, 3.63) is 70.4 Å². The lowest BCUT2D eigenvalue weighted by Gasteiger charge is -2.48. The third kappa shape index (κ3) is 2.83. The maximum Gasteiger partial charge on any atom is 0.246 e. The number of hydrogen-bond acceptors (Lipinski definition) is 2. The fraction of sp³-hybridized carbons (Fsp3) is 0.333. The van der Waals surface area contributed by atoms with Crippen LogP contribution in [0.3, 0.4) is 0 Å². The minimum Gasteiger partial charge on any atom is -0.356 e.